The predicted octanol–water partition coefficient (Wildman–Crippen LogP) is 3.16. The van der Waals surface area contributed by atoms with Crippen LogP contribution in [0, 0.1) is 10.1 Å². The number of amidine groups is 1. The molecular formula is C20H22N3O4S+. The summed E-state index contributed by atoms with van der Waals surface area (Å²) in [4.78, 5) is 12.9. The Morgan fingerprint density at radius 2 is 2.14 bits per heavy atom. The lowest BCUT2D eigenvalue weighted by molar-refractivity contribution is -0.656. The van der Waals surface area contributed by atoms with Crippen LogP contribution in [0.4, 0.5) is 11.4 Å². The van der Waals surface area contributed by atoms with Crippen molar-refractivity contribution < 1.29 is 19.3 Å². The van der Waals surface area contributed by atoms with Gasteiger partial charge in [-0.1, -0.05) is 24.3 Å². The minimum absolute atomic E-state index is 0.0229. The molecule has 7 nitrogen and oxygen atoms in total. The molecule has 0 amide bonds. The second-order valence-corrected chi connectivity index (χ2v) is 7.81. The van der Waals surface area contributed by atoms with Gasteiger partial charge in [-0.25, -0.2) is 9.48 Å². The highest BCUT2D eigenvalue weighted by Gasteiger charge is 2.54. The van der Waals surface area contributed by atoms with E-state index in [1.54, 1.807) is 23.9 Å². The third-order valence-electron chi connectivity index (χ3n) is 5.02. The Morgan fingerprint density at radius 1 is 1.32 bits per heavy atom. The van der Waals surface area contributed by atoms with Crippen LogP contribution < -0.4 is 9.64 Å². The molecular weight excluding hydrogens is 378 g/mol. The van der Waals surface area contributed by atoms with E-state index < -0.39 is 10.6 Å². The molecule has 1 unspecified atom stereocenters. The van der Waals surface area contributed by atoms with Gasteiger partial charge in [0, 0.05) is 23.4 Å². The summed E-state index contributed by atoms with van der Waals surface area (Å²) in [6.07, 6.45) is 0.937. The zero-order valence-electron chi connectivity index (χ0n) is 15.6. The lowest BCUT2D eigenvalue weighted by Gasteiger charge is -2.24. The first-order valence-corrected chi connectivity index (χ1v) is 10.3. The van der Waals surface area contributed by atoms with E-state index >= 15 is 0 Å². The van der Waals surface area contributed by atoms with Gasteiger partial charge in [-0.15, -0.1) is 0 Å². The average Bonchev–Trinajstić information content (AvgIpc) is 3.03. The molecule has 0 saturated heterocycles. The van der Waals surface area contributed by atoms with Gasteiger partial charge in [0.2, 0.25) is 0 Å². The smallest absolute Gasteiger partial charge is 0.316 e. The molecule has 1 N–H and O–H groups in total. The minimum atomic E-state index is -1.34. The van der Waals surface area contributed by atoms with Crippen molar-refractivity contribution >= 4 is 28.3 Å². The Balaban J connectivity index is 1.81. The molecule has 2 aliphatic rings. The van der Waals surface area contributed by atoms with Gasteiger partial charge in [0.1, 0.15) is 0 Å². The molecule has 146 valence electrons. The standard InChI is InChI=1S/C20H22N3O4S/c1-2-27-18-10-4-3-9-17(18)21-14-20(24,22-11-6-12-28-19(21)22)15-7-5-8-16(13-15)23(25)26/h3-5,7-10,13,24H,2,6,11-12,14H2,1H3/q+1. The number of benzene rings is 2. The normalized spacial score (nSPS) is 21.6. The zero-order valence-corrected chi connectivity index (χ0v) is 16.4. The third-order valence-corrected chi connectivity index (χ3v) is 6.21. The van der Waals surface area contributed by atoms with Crippen molar-refractivity contribution in [2.24, 2.45) is 0 Å². The predicted molar refractivity (Wildman–Crippen MR) is 109 cm³/mol. The number of hydrogen-bond donors (Lipinski definition) is 1. The summed E-state index contributed by atoms with van der Waals surface area (Å²) in [7, 11) is 0. The van der Waals surface area contributed by atoms with Crippen molar-refractivity contribution in [2.75, 3.05) is 30.3 Å². The molecule has 1 atom stereocenters. The summed E-state index contributed by atoms with van der Waals surface area (Å²) in [5.41, 5.74) is 0.0529. The molecule has 2 aromatic rings. The second-order valence-electron chi connectivity index (χ2n) is 6.75. The largest absolute Gasteiger partial charge is 0.489 e. The first-order chi connectivity index (χ1) is 13.5. The van der Waals surface area contributed by atoms with E-state index in [0.29, 0.717) is 18.7 Å². The van der Waals surface area contributed by atoms with Gasteiger partial charge in [-0.2, -0.15) is 0 Å². The average molecular weight is 400 g/mol. The van der Waals surface area contributed by atoms with Gasteiger partial charge in [-0.3, -0.25) is 10.1 Å². The third kappa shape index (κ3) is 3.12. The number of rotatable bonds is 5. The molecule has 2 aromatic carbocycles. The first-order valence-electron chi connectivity index (χ1n) is 9.28. The highest BCUT2D eigenvalue weighted by molar-refractivity contribution is 8.13. The molecule has 8 heteroatoms. The van der Waals surface area contributed by atoms with Gasteiger partial charge in [-0.05, 0) is 37.2 Å². The molecule has 0 radical (unpaired) electrons. The first kappa shape index (κ1) is 18.8. The van der Waals surface area contributed by atoms with E-state index in [1.807, 2.05) is 35.8 Å². The van der Waals surface area contributed by atoms with Crippen molar-refractivity contribution in [3.8, 4) is 5.75 Å². The number of nitro groups is 1. The number of nitro benzene ring substituents is 1. The van der Waals surface area contributed by atoms with Crippen LogP contribution in [0.5, 0.6) is 5.75 Å². The fourth-order valence-corrected chi connectivity index (χ4v) is 4.93. The quantitative estimate of drug-likeness (QED) is 0.472. The van der Waals surface area contributed by atoms with Crippen LogP contribution in [-0.2, 0) is 5.72 Å². The van der Waals surface area contributed by atoms with Crippen molar-refractivity contribution in [2.45, 2.75) is 19.1 Å². The van der Waals surface area contributed by atoms with E-state index in [2.05, 4.69) is 4.90 Å². The Bertz CT molecular complexity index is 949. The van der Waals surface area contributed by atoms with Crippen LogP contribution >= 0.6 is 11.8 Å². The van der Waals surface area contributed by atoms with Gasteiger partial charge in [0.05, 0.1) is 18.1 Å². The summed E-state index contributed by atoms with van der Waals surface area (Å²) in [6, 6.07) is 14.1. The molecule has 0 spiro atoms. The molecule has 0 bridgehead atoms. The SMILES string of the molecule is CCOc1ccccc1N1CC(O)(c2cccc([N+](=O)[O-])c2)[N+]2=C1SCCC2. The van der Waals surface area contributed by atoms with Crippen LogP contribution in [-0.4, -0.2) is 45.2 Å². The maximum absolute atomic E-state index is 11.7. The fourth-order valence-electron chi connectivity index (χ4n) is 3.76. The van der Waals surface area contributed by atoms with Crippen LogP contribution in [0.2, 0.25) is 0 Å². The summed E-state index contributed by atoms with van der Waals surface area (Å²) >= 11 is 1.69. The number of thioether (sulfide) groups is 1. The summed E-state index contributed by atoms with van der Waals surface area (Å²) in [5.74, 6) is 1.72. The molecule has 0 fully saturated rings. The Hall–Kier alpha value is -2.58. The van der Waals surface area contributed by atoms with Crippen LogP contribution in [0.1, 0.15) is 18.9 Å². The number of non-ortho nitro benzene ring substituents is 1. The number of β-amino-alcohol motifs (C(OH)–C–C–N with tert-alkyl or cyclic N) is 1. The molecule has 0 aromatic heterocycles. The Labute approximate surface area is 167 Å². The van der Waals surface area contributed by atoms with Crippen molar-refractivity contribution in [1.82, 2.24) is 0 Å². The van der Waals surface area contributed by atoms with E-state index in [9.17, 15) is 15.2 Å². The lowest BCUT2D eigenvalue weighted by atomic mass is 10.0. The molecule has 2 aliphatic heterocycles. The molecule has 0 saturated carbocycles. The molecule has 0 aliphatic carbocycles. The number of hydrogen-bond acceptors (Lipinski definition) is 6. The summed E-state index contributed by atoms with van der Waals surface area (Å²) in [5, 5.41) is 23.9. The number of para-hydroxylation sites is 2. The summed E-state index contributed by atoms with van der Waals surface area (Å²) in [6.45, 7) is 3.45. The van der Waals surface area contributed by atoms with Crippen molar-refractivity contribution in [3.05, 3.63) is 64.2 Å². The number of ether oxygens (including phenoxy) is 1. The lowest BCUT2D eigenvalue weighted by Crippen LogP contribution is -2.41. The van der Waals surface area contributed by atoms with E-state index in [1.165, 1.54) is 12.1 Å². The highest BCUT2D eigenvalue weighted by atomic mass is 32.2. The number of aliphatic hydroxyl groups is 1. The van der Waals surface area contributed by atoms with E-state index in [0.717, 1.165) is 28.8 Å². The topological polar surface area (TPSA) is 78.9 Å². The molecule has 4 rings (SSSR count). The molecule has 2 heterocycles. The van der Waals surface area contributed by atoms with Crippen LogP contribution in [0.15, 0.2) is 48.5 Å². The fraction of sp³-hybridized carbons (Fsp3) is 0.350. The van der Waals surface area contributed by atoms with Gasteiger partial charge >= 0.3 is 5.17 Å². The van der Waals surface area contributed by atoms with E-state index in [-0.39, 0.29) is 12.2 Å². The number of anilines is 1. The Morgan fingerprint density at radius 3 is 2.93 bits per heavy atom. The van der Waals surface area contributed by atoms with Gasteiger partial charge < -0.3 is 9.84 Å². The zero-order chi connectivity index (χ0) is 19.7. The number of nitrogens with zero attached hydrogens (tertiary/aromatic N) is 3. The van der Waals surface area contributed by atoms with Gasteiger partial charge in [0.15, 0.2) is 18.0 Å². The monoisotopic (exact) mass is 400 g/mol. The van der Waals surface area contributed by atoms with E-state index in [4.69, 9.17) is 4.74 Å². The van der Waals surface area contributed by atoms with Gasteiger partial charge in [0.25, 0.3) is 11.4 Å². The minimum Gasteiger partial charge on any atom is -0.489 e. The van der Waals surface area contributed by atoms with Crippen LogP contribution in [0.3, 0.4) is 0 Å². The molecule has 28 heavy (non-hydrogen) atoms. The highest BCUT2D eigenvalue weighted by Crippen LogP contribution is 2.41. The van der Waals surface area contributed by atoms with Crippen molar-refractivity contribution in [1.29, 1.82) is 0 Å². The Kier molecular flexibility index (Phi) is 4.99. The second kappa shape index (κ2) is 7.44. The maximum atomic E-state index is 11.7. The summed E-state index contributed by atoms with van der Waals surface area (Å²) < 4.78 is 7.76. The van der Waals surface area contributed by atoms with Crippen molar-refractivity contribution in [3.63, 3.8) is 0 Å². The maximum Gasteiger partial charge on any atom is 0.316 e. The van der Waals surface area contributed by atoms with Crippen LogP contribution in [0.25, 0.3) is 0 Å².